The van der Waals surface area contributed by atoms with Crippen molar-refractivity contribution in [1.29, 1.82) is 0 Å². The summed E-state index contributed by atoms with van der Waals surface area (Å²) < 4.78 is 5.38. The van der Waals surface area contributed by atoms with Gasteiger partial charge in [0.15, 0.2) is 6.61 Å². The van der Waals surface area contributed by atoms with Crippen LogP contribution in [-0.4, -0.2) is 18.6 Å². The first-order chi connectivity index (χ1) is 8.74. The average molecular weight is 246 g/mol. The summed E-state index contributed by atoms with van der Waals surface area (Å²) in [6.07, 6.45) is 7.19. The van der Waals surface area contributed by atoms with Crippen LogP contribution in [0.15, 0.2) is 36.4 Å². The molecule has 0 heterocycles. The van der Waals surface area contributed by atoms with E-state index < -0.39 is 0 Å². The highest BCUT2D eigenvalue weighted by molar-refractivity contribution is 5.77. The standard InChI is InChI=1S/C14H18N2O2/c15-11-5-4-8-13(9-11)18-10-14(17)16-12-6-2-1-3-7-12/h1-2,4-5,8-9,12H,3,6-7,10,15H2,(H,16,17). The Morgan fingerprint density at radius 3 is 3.06 bits per heavy atom. The van der Waals surface area contributed by atoms with Crippen LogP contribution in [0.3, 0.4) is 0 Å². The van der Waals surface area contributed by atoms with Gasteiger partial charge < -0.3 is 15.8 Å². The molecule has 0 aromatic heterocycles. The molecule has 1 atom stereocenters. The second kappa shape index (κ2) is 6.10. The Morgan fingerprint density at radius 1 is 1.44 bits per heavy atom. The number of nitrogen functional groups attached to an aromatic ring is 1. The topological polar surface area (TPSA) is 64.3 Å². The van der Waals surface area contributed by atoms with E-state index in [4.69, 9.17) is 10.5 Å². The molecule has 1 aromatic carbocycles. The van der Waals surface area contributed by atoms with Crippen molar-refractivity contribution < 1.29 is 9.53 Å². The molecule has 0 bridgehead atoms. The molecule has 3 N–H and O–H groups in total. The number of benzene rings is 1. The smallest absolute Gasteiger partial charge is 0.258 e. The van der Waals surface area contributed by atoms with Gasteiger partial charge in [0.2, 0.25) is 0 Å². The average Bonchev–Trinajstić information content (AvgIpc) is 2.38. The Balaban J connectivity index is 1.76. The quantitative estimate of drug-likeness (QED) is 0.629. The van der Waals surface area contributed by atoms with Crippen molar-refractivity contribution in [3.05, 3.63) is 36.4 Å². The van der Waals surface area contributed by atoms with Crippen molar-refractivity contribution >= 4 is 11.6 Å². The fourth-order valence-electron chi connectivity index (χ4n) is 1.95. The van der Waals surface area contributed by atoms with E-state index in [-0.39, 0.29) is 18.6 Å². The van der Waals surface area contributed by atoms with Gasteiger partial charge in [-0.1, -0.05) is 18.2 Å². The largest absolute Gasteiger partial charge is 0.484 e. The van der Waals surface area contributed by atoms with Crippen LogP contribution >= 0.6 is 0 Å². The maximum atomic E-state index is 11.7. The minimum Gasteiger partial charge on any atom is -0.484 e. The zero-order valence-electron chi connectivity index (χ0n) is 10.3. The molecule has 1 amide bonds. The lowest BCUT2D eigenvalue weighted by atomic mass is 10.0. The van der Waals surface area contributed by atoms with Crippen molar-refractivity contribution in [3.8, 4) is 5.75 Å². The van der Waals surface area contributed by atoms with E-state index in [1.807, 2.05) is 0 Å². The van der Waals surface area contributed by atoms with Gasteiger partial charge in [0.1, 0.15) is 5.75 Å². The highest BCUT2D eigenvalue weighted by atomic mass is 16.5. The molecule has 1 unspecified atom stereocenters. The molecule has 4 heteroatoms. The van der Waals surface area contributed by atoms with Gasteiger partial charge in [-0.15, -0.1) is 0 Å². The summed E-state index contributed by atoms with van der Waals surface area (Å²) in [4.78, 5) is 11.7. The molecule has 0 saturated carbocycles. The number of nitrogens with one attached hydrogen (secondary N) is 1. The number of carbonyl (C=O) groups excluding carboxylic acids is 1. The third-order valence-electron chi connectivity index (χ3n) is 2.86. The molecule has 4 nitrogen and oxygen atoms in total. The normalized spacial score (nSPS) is 18.3. The molecule has 0 spiro atoms. The lowest BCUT2D eigenvalue weighted by Crippen LogP contribution is -2.38. The van der Waals surface area contributed by atoms with Gasteiger partial charge in [0, 0.05) is 17.8 Å². The fraction of sp³-hybridized carbons (Fsp3) is 0.357. The fourth-order valence-corrected chi connectivity index (χ4v) is 1.95. The van der Waals surface area contributed by atoms with Crippen LogP contribution in [0.25, 0.3) is 0 Å². The highest BCUT2D eigenvalue weighted by Gasteiger charge is 2.12. The second-order valence-electron chi connectivity index (χ2n) is 4.41. The summed E-state index contributed by atoms with van der Waals surface area (Å²) in [5.74, 6) is 0.534. The number of allylic oxidation sites excluding steroid dienone is 1. The van der Waals surface area contributed by atoms with Gasteiger partial charge in [-0.05, 0) is 31.4 Å². The van der Waals surface area contributed by atoms with Gasteiger partial charge in [-0.2, -0.15) is 0 Å². The van der Waals surface area contributed by atoms with Gasteiger partial charge in [0.25, 0.3) is 5.91 Å². The molecule has 2 rings (SSSR count). The zero-order chi connectivity index (χ0) is 12.8. The third-order valence-corrected chi connectivity index (χ3v) is 2.86. The molecule has 1 aliphatic rings. The van der Waals surface area contributed by atoms with Crippen LogP contribution in [0.4, 0.5) is 5.69 Å². The molecular formula is C14H18N2O2. The lowest BCUT2D eigenvalue weighted by Gasteiger charge is -2.19. The predicted octanol–water partition coefficient (Wildman–Crippen LogP) is 1.87. The molecule has 18 heavy (non-hydrogen) atoms. The number of rotatable bonds is 4. The number of nitrogens with two attached hydrogens (primary N) is 1. The number of amides is 1. The predicted molar refractivity (Wildman–Crippen MR) is 71.3 cm³/mol. The molecular weight excluding hydrogens is 228 g/mol. The Bertz CT molecular complexity index is 443. The van der Waals surface area contributed by atoms with Crippen molar-refractivity contribution in [1.82, 2.24) is 5.32 Å². The molecule has 1 aromatic rings. The molecule has 96 valence electrons. The third kappa shape index (κ3) is 3.80. The van der Waals surface area contributed by atoms with E-state index in [2.05, 4.69) is 17.5 Å². The van der Waals surface area contributed by atoms with Crippen LogP contribution in [0, 0.1) is 0 Å². The Kier molecular flexibility index (Phi) is 4.23. The molecule has 0 aliphatic heterocycles. The van der Waals surface area contributed by atoms with Gasteiger partial charge in [-0.25, -0.2) is 0 Å². The highest BCUT2D eigenvalue weighted by Crippen LogP contribution is 2.14. The molecule has 0 radical (unpaired) electrons. The SMILES string of the molecule is Nc1cccc(OCC(=O)NC2CC=CCC2)c1. The summed E-state index contributed by atoms with van der Waals surface area (Å²) in [5.41, 5.74) is 6.26. The zero-order valence-corrected chi connectivity index (χ0v) is 10.3. The first-order valence-electron chi connectivity index (χ1n) is 6.17. The van der Waals surface area contributed by atoms with Crippen LogP contribution in [0.5, 0.6) is 5.75 Å². The maximum Gasteiger partial charge on any atom is 0.258 e. The minimum atomic E-state index is -0.0854. The van der Waals surface area contributed by atoms with E-state index in [1.54, 1.807) is 24.3 Å². The Morgan fingerprint density at radius 2 is 2.33 bits per heavy atom. The number of ether oxygens (including phenoxy) is 1. The van der Waals surface area contributed by atoms with Gasteiger partial charge in [-0.3, -0.25) is 4.79 Å². The number of hydrogen-bond donors (Lipinski definition) is 2. The van der Waals surface area contributed by atoms with Gasteiger partial charge in [0.05, 0.1) is 0 Å². The van der Waals surface area contributed by atoms with Crippen molar-refractivity contribution in [2.45, 2.75) is 25.3 Å². The molecule has 1 aliphatic carbocycles. The summed E-state index contributed by atoms with van der Waals surface area (Å²) >= 11 is 0. The monoisotopic (exact) mass is 246 g/mol. The minimum absolute atomic E-state index is 0.0314. The second-order valence-corrected chi connectivity index (χ2v) is 4.41. The van der Waals surface area contributed by atoms with Crippen molar-refractivity contribution in [2.75, 3.05) is 12.3 Å². The van der Waals surface area contributed by atoms with Crippen LogP contribution in [0.1, 0.15) is 19.3 Å². The van der Waals surface area contributed by atoms with Gasteiger partial charge >= 0.3 is 0 Å². The Hall–Kier alpha value is -1.97. The van der Waals surface area contributed by atoms with Crippen LogP contribution < -0.4 is 15.8 Å². The molecule has 0 saturated heterocycles. The van der Waals surface area contributed by atoms with Crippen molar-refractivity contribution in [3.63, 3.8) is 0 Å². The lowest BCUT2D eigenvalue weighted by molar-refractivity contribution is -0.123. The Labute approximate surface area is 107 Å². The van der Waals surface area contributed by atoms with Crippen LogP contribution in [0.2, 0.25) is 0 Å². The van der Waals surface area contributed by atoms with E-state index in [0.29, 0.717) is 11.4 Å². The van der Waals surface area contributed by atoms with E-state index in [9.17, 15) is 4.79 Å². The van der Waals surface area contributed by atoms with E-state index >= 15 is 0 Å². The maximum absolute atomic E-state index is 11.7. The first kappa shape index (κ1) is 12.5. The van der Waals surface area contributed by atoms with Crippen molar-refractivity contribution in [2.24, 2.45) is 0 Å². The first-order valence-corrected chi connectivity index (χ1v) is 6.17. The summed E-state index contributed by atoms with van der Waals surface area (Å²) in [6, 6.07) is 7.31. The summed E-state index contributed by atoms with van der Waals surface area (Å²) in [5, 5.41) is 2.96. The van der Waals surface area contributed by atoms with E-state index in [0.717, 1.165) is 19.3 Å². The number of carbonyl (C=O) groups is 1. The summed E-state index contributed by atoms with van der Waals surface area (Å²) in [6.45, 7) is 0.0314. The van der Waals surface area contributed by atoms with E-state index in [1.165, 1.54) is 0 Å². The molecule has 0 fully saturated rings. The van der Waals surface area contributed by atoms with Crippen LogP contribution in [-0.2, 0) is 4.79 Å². The number of hydrogen-bond acceptors (Lipinski definition) is 3. The summed E-state index contributed by atoms with van der Waals surface area (Å²) in [7, 11) is 0. The number of anilines is 1.